The minimum absolute atomic E-state index is 0.0650. The van der Waals surface area contributed by atoms with Gasteiger partial charge in [0.05, 0.1) is 18.0 Å². The molecule has 0 aliphatic heterocycles. The molecule has 0 saturated heterocycles. The average molecular weight is 193 g/mol. The summed E-state index contributed by atoms with van der Waals surface area (Å²) in [6, 6.07) is 2.44. The molecule has 0 aromatic heterocycles. The molecule has 2 aliphatic rings. The van der Waals surface area contributed by atoms with Crippen molar-refractivity contribution in [3.8, 4) is 6.07 Å². The third-order valence-corrected chi connectivity index (χ3v) is 2.93. The molecule has 0 unspecified atom stereocenters. The van der Waals surface area contributed by atoms with Gasteiger partial charge in [-0.15, -0.1) is 0 Å². The Balaban J connectivity index is 1.96. The van der Waals surface area contributed by atoms with E-state index >= 15 is 0 Å². The summed E-state index contributed by atoms with van der Waals surface area (Å²) in [7, 11) is 0. The summed E-state index contributed by atoms with van der Waals surface area (Å²) in [6.07, 6.45) is 4.18. The van der Waals surface area contributed by atoms with Crippen molar-refractivity contribution in [2.45, 2.75) is 43.7 Å². The van der Waals surface area contributed by atoms with Crippen LogP contribution in [0.25, 0.3) is 0 Å². The molecule has 0 bridgehead atoms. The maximum Gasteiger partial charge on any atom is 0.242 e. The zero-order valence-corrected chi connectivity index (χ0v) is 8.20. The van der Waals surface area contributed by atoms with E-state index in [1.807, 2.05) is 4.90 Å². The topological polar surface area (TPSA) is 70.1 Å². The Kier molecular flexibility index (Phi) is 2.20. The van der Waals surface area contributed by atoms with E-state index in [1.54, 1.807) is 0 Å². The molecular weight excluding hydrogens is 178 g/mol. The minimum atomic E-state index is -0.571. The quantitative estimate of drug-likeness (QED) is 0.701. The molecule has 1 amide bonds. The van der Waals surface area contributed by atoms with Gasteiger partial charge >= 0.3 is 0 Å². The lowest BCUT2D eigenvalue weighted by atomic mass is 10.2. The lowest BCUT2D eigenvalue weighted by molar-refractivity contribution is -0.134. The second kappa shape index (κ2) is 3.25. The second-order valence-electron chi connectivity index (χ2n) is 4.29. The Morgan fingerprint density at radius 3 is 2.64 bits per heavy atom. The van der Waals surface area contributed by atoms with Crippen molar-refractivity contribution in [1.82, 2.24) is 4.90 Å². The number of nitrogens with two attached hydrogens (primary N) is 1. The van der Waals surface area contributed by atoms with Crippen molar-refractivity contribution in [3.63, 3.8) is 0 Å². The highest BCUT2D eigenvalue weighted by Crippen LogP contribution is 2.37. The van der Waals surface area contributed by atoms with Crippen LogP contribution < -0.4 is 5.73 Å². The number of nitrogens with zero attached hydrogens (tertiary/aromatic N) is 2. The summed E-state index contributed by atoms with van der Waals surface area (Å²) in [4.78, 5) is 13.7. The number of amides is 1. The van der Waals surface area contributed by atoms with Gasteiger partial charge in [0, 0.05) is 12.6 Å². The lowest BCUT2D eigenvalue weighted by Gasteiger charge is -2.24. The van der Waals surface area contributed by atoms with Gasteiger partial charge in [0.1, 0.15) is 0 Å². The molecule has 0 aromatic carbocycles. The summed E-state index contributed by atoms with van der Waals surface area (Å²) in [5.41, 5.74) is 5.28. The van der Waals surface area contributed by atoms with Crippen LogP contribution in [0.3, 0.4) is 0 Å². The minimum Gasteiger partial charge on any atom is -0.337 e. The van der Waals surface area contributed by atoms with Gasteiger partial charge in [-0.1, -0.05) is 0 Å². The van der Waals surface area contributed by atoms with E-state index in [-0.39, 0.29) is 5.91 Å². The molecule has 2 saturated carbocycles. The van der Waals surface area contributed by atoms with Crippen LogP contribution in [0.15, 0.2) is 0 Å². The Labute approximate surface area is 83.7 Å². The second-order valence-corrected chi connectivity index (χ2v) is 4.29. The molecular formula is C10H15N3O. The lowest BCUT2D eigenvalue weighted by Crippen LogP contribution is -2.47. The fraction of sp³-hybridized carbons (Fsp3) is 0.800. The van der Waals surface area contributed by atoms with Crippen molar-refractivity contribution < 1.29 is 4.79 Å². The molecule has 4 heteroatoms. The van der Waals surface area contributed by atoms with Crippen LogP contribution in [-0.2, 0) is 4.79 Å². The van der Waals surface area contributed by atoms with Crippen LogP contribution in [0.5, 0.6) is 0 Å². The largest absolute Gasteiger partial charge is 0.337 e. The first-order chi connectivity index (χ1) is 6.67. The monoisotopic (exact) mass is 193 g/mol. The number of carbonyl (C=O) groups excluding carboxylic acids is 1. The van der Waals surface area contributed by atoms with E-state index in [4.69, 9.17) is 11.0 Å². The SMILES string of the molecule is N#CCCN(C(=O)C1(N)CC1)C1CC1. The molecule has 76 valence electrons. The number of carbonyl (C=O) groups is 1. The van der Waals surface area contributed by atoms with Crippen molar-refractivity contribution in [2.75, 3.05) is 6.54 Å². The summed E-state index contributed by atoms with van der Waals surface area (Å²) in [5.74, 6) is 0.0650. The van der Waals surface area contributed by atoms with Crippen LogP contribution in [-0.4, -0.2) is 28.9 Å². The number of hydrogen-bond acceptors (Lipinski definition) is 3. The Morgan fingerprint density at radius 2 is 2.21 bits per heavy atom. The Bertz CT molecular complexity index is 286. The van der Waals surface area contributed by atoms with Crippen molar-refractivity contribution >= 4 is 5.91 Å². The third-order valence-electron chi connectivity index (χ3n) is 2.93. The first-order valence-electron chi connectivity index (χ1n) is 5.14. The van der Waals surface area contributed by atoms with Crippen LogP contribution >= 0.6 is 0 Å². The molecule has 14 heavy (non-hydrogen) atoms. The van der Waals surface area contributed by atoms with Gasteiger partial charge in [0.15, 0.2) is 0 Å². The summed E-state index contributed by atoms with van der Waals surface area (Å²) < 4.78 is 0. The van der Waals surface area contributed by atoms with E-state index in [0.29, 0.717) is 19.0 Å². The van der Waals surface area contributed by atoms with E-state index in [2.05, 4.69) is 6.07 Å². The van der Waals surface area contributed by atoms with Crippen LogP contribution in [0, 0.1) is 11.3 Å². The summed E-state index contributed by atoms with van der Waals surface area (Å²) in [6.45, 7) is 0.555. The maximum absolute atomic E-state index is 11.9. The fourth-order valence-electron chi connectivity index (χ4n) is 1.64. The molecule has 0 atom stereocenters. The standard InChI is InChI=1S/C10H15N3O/c11-6-1-7-13(8-2-3-8)9(14)10(12)4-5-10/h8H,1-5,7,12H2. The fourth-order valence-corrected chi connectivity index (χ4v) is 1.64. The molecule has 2 rings (SSSR count). The Morgan fingerprint density at radius 1 is 1.57 bits per heavy atom. The van der Waals surface area contributed by atoms with E-state index < -0.39 is 5.54 Å². The first-order valence-corrected chi connectivity index (χ1v) is 5.14. The predicted molar refractivity (Wildman–Crippen MR) is 51.1 cm³/mol. The maximum atomic E-state index is 11.9. The van der Waals surface area contributed by atoms with Crippen LogP contribution in [0.2, 0.25) is 0 Å². The van der Waals surface area contributed by atoms with E-state index in [0.717, 1.165) is 25.7 Å². The van der Waals surface area contributed by atoms with E-state index in [9.17, 15) is 4.79 Å². The number of rotatable bonds is 4. The molecule has 0 spiro atoms. The average Bonchev–Trinajstić information content (AvgIpc) is 3.01. The molecule has 0 radical (unpaired) electrons. The third kappa shape index (κ3) is 1.73. The van der Waals surface area contributed by atoms with Gasteiger partial charge in [-0.2, -0.15) is 5.26 Å². The van der Waals surface area contributed by atoms with Crippen LogP contribution in [0.4, 0.5) is 0 Å². The number of hydrogen-bond donors (Lipinski definition) is 1. The normalized spacial score (nSPS) is 22.6. The molecule has 2 N–H and O–H groups in total. The molecule has 4 nitrogen and oxygen atoms in total. The van der Waals surface area contributed by atoms with Gasteiger partial charge in [-0.25, -0.2) is 0 Å². The van der Waals surface area contributed by atoms with Crippen molar-refractivity contribution in [1.29, 1.82) is 5.26 Å². The molecule has 0 heterocycles. The van der Waals surface area contributed by atoms with Gasteiger partial charge in [-0.05, 0) is 25.7 Å². The smallest absolute Gasteiger partial charge is 0.242 e. The van der Waals surface area contributed by atoms with Gasteiger partial charge in [-0.3, -0.25) is 4.79 Å². The van der Waals surface area contributed by atoms with Gasteiger partial charge in [0.2, 0.25) is 5.91 Å². The van der Waals surface area contributed by atoms with Gasteiger partial charge in [0.25, 0.3) is 0 Å². The molecule has 2 fully saturated rings. The Hall–Kier alpha value is -1.08. The van der Waals surface area contributed by atoms with Crippen LogP contribution in [0.1, 0.15) is 32.1 Å². The molecule has 2 aliphatic carbocycles. The summed E-state index contributed by atoms with van der Waals surface area (Å²) in [5, 5.41) is 8.50. The van der Waals surface area contributed by atoms with Crippen molar-refractivity contribution in [2.24, 2.45) is 5.73 Å². The van der Waals surface area contributed by atoms with Crippen molar-refractivity contribution in [3.05, 3.63) is 0 Å². The molecule has 0 aromatic rings. The zero-order valence-electron chi connectivity index (χ0n) is 8.20. The van der Waals surface area contributed by atoms with E-state index in [1.165, 1.54) is 0 Å². The highest BCUT2D eigenvalue weighted by atomic mass is 16.2. The van der Waals surface area contributed by atoms with Gasteiger partial charge < -0.3 is 10.6 Å². The first kappa shape index (κ1) is 9.47. The highest BCUT2D eigenvalue weighted by molar-refractivity contribution is 5.89. The number of nitriles is 1. The highest BCUT2D eigenvalue weighted by Gasteiger charge is 2.50. The summed E-state index contributed by atoms with van der Waals surface area (Å²) >= 11 is 0. The zero-order chi connectivity index (χ0) is 10.2. The predicted octanol–water partition coefficient (Wildman–Crippen LogP) is 0.382.